The molecule has 0 unspecified atom stereocenters. The molecule has 0 aliphatic heterocycles. The number of primary amides is 1. The van der Waals surface area contributed by atoms with Crippen LogP contribution >= 0.6 is 0 Å². The lowest BCUT2D eigenvalue weighted by atomic mass is 10.1. The molecule has 0 aliphatic rings. The summed E-state index contributed by atoms with van der Waals surface area (Å²) in [5, 5.41) is 2.00. The first-order valence-corrected chi connectivity index (χ1v) is 8.25. The minimum absolute atomic E-state index is 0.0919. The third kappa shape index (κ3) is 7.06. The van der Waals surface area contributed by atoms with E-state index in [4.69, 9.17) is 10.5 Å². The van der Waals surface area contributed by atoms with Gasteiger partial charge in [-0.3, -0.25) is 8.98 Å². The van der Waals surface area contributed by atoms with Gasteiger partial charge >= 0.3 is 6.09 Å². The van der Waals surface area contributed by atoms with Gasteiger partial charge in [0.05, 0.1) is 6.26 Å². The van der Waals surface area contributed by atoms with Crippen molar-refractivity contribution in [2.45, 2.75) is 18.8 Å². The highest BCUT2D eigenvalue weighted by Crippen LogP contribution is 2.06. The number of nitrogens with two attached hydrogens (primary N) is 1. The van der Waals surface area contributed by atoms with Crippen LogP contribution in [0.5, 0.6) is 0 Å². The fraction of sp³-hybridized carbons (Fsp3) is 0.385. The first kappa shape index (κ1) is 18.8. The van der Waals surface area contributed by atoms with Crippen LogP contribution in [0.3, 0.4) is 0 Å². The molecule has 1 rings (SSSR count). The molecule has 0 radical (unpaired) electrons. The van der Waals surface area contributed by atoms with Crippen molar-refractivity contribution in [1.82, 2.24) is 5.32 Å². The number of halogens is 1. The fourth-order valence-electron chi connectivity index (χ4n) is 1.63. The number of hydrogen-bond donors (Lipinski definition) is 2. The molecule has 128 valence electrons. The summed E-state index contributed by atoms with van der Waals surface area (Å²) in [4.78, 5) is 23.0. The van der Waals surface area contributed by atoms with Gasteiger partial charge in [-0.1, -0.05) is 30.3 Å². The molecular weight excluding hydrogens is 331 g/mol. The van der Waals surface area contributed by atoms with E-state index >= 15 is 0 Å². The second kappa shape index (κ2) is 8.44. The SMILES string of the molecule is CS(=O)(=O)O[C@H](CF)[C@H](NC(=O)OCc1ccccc1)C(N)=O. The van der Waals surface area contributed by atoms with Gasteiger partial charge in [0.25, 0.3) is 10.1 Å². The summed E-state index contributed by atoms with van der Waals surface area (Å²) in [5.41, 5.74) is 5.72. The monoisotopic (exact) mass is 348 g/mol. The first-order valence-electron chi connectivity index (χ1n) is 6.43. The molecule has 3 N–H and O–H groups in total. The zero-order valence-corrected chi connectivity index (χ0v) is 13.1. The smallest absolute Gasteiger partial charge is 0.408 e. The van der Waals surface area contributed by atoms with E-state index in [0.717, 1.165) is 0 Å². The van der Waals surface area contributed by atoms with Gasteiger partial charge in [0.2, 0.25) is 5.91 Å². The number of carbonyl (C=O) groups excluding carboxylic acids is 2. The maximum atomic E-state index is 12.9. The van der Waals surface area contributed by atoms with E-state index in [1.165, 1.54) is 0 Å². The topological polar surface area (TPSA) is 125 Å². The van der Waals surface area contributed by atoms with Gasteiger partial charge in [-0.15, -0.1) is 0 Å². The molecule has 0 fully saturated rings. The van der Waals surface area contributed by atoms with Gasteiger partial charge in [-0.2, -0.15) is 8.42 Å². The third-order valence-corrected chi connectivity index (χ3v) is 3.21. The molecule has 1 aromatic rings. The van der Waals surface area contributed by atoms with Crippen molar-refractivity contribution < 1.29 is 31.3 Å². The highest BCUT2D eigenvalue weighted by atomic mass is 32.2. The minimum Gasteiger partial charge on any atom is -0.445 e. The quantitative estimate of drug-likeness (QED) is 0.641. The highest BCUT2D eigenvalue weighted by molar-refractivity contribution is 7.86. The number of alkyl halides is 1. The maximum absolute atomic E-state index is 12.9. The minimum atomic E-state index is -4.04. The van der Waals surface area contributed by atoms with Crippen LogP contribution < -0.4 is 11.1 Å². The largest absolute Gasteiger partial charge is 0.445 e. The summed E-state index contributed by atoms with van der Waals surface area (Å²) >= 11 is 0. The van der Waals surface area contributed by atoms with Crippen LogP contribution in [0.15, 0.2) is 30.3 Å². The van der Waals surface area contributed by atoms with Gasteiger partial charge in [0.1, 0.15) is 25.4 Å². The molecule has 1 aromatic carbocycles. The molecule has 0 saturated carbocycles. The van der Waals surface area contributed by atoms with E-state index in [2.05, 4.69) is 4.18 Å². The van der Waals surface area contributed by atoms with E-state index in [1.54, 1.807) is 30.3 Å². The lowest BCUT2D eigenvalue weighted by molar-refractivity contribution is -0.122. The second-order valence-corrected chi connectivity index (χ2v) is 6.18. The molecule has 2 atom stereocenters. The molecule has 10 heteroatoms. The van der Waals surface area contributed by atoms with Crippen molar-refractivity contribution in [3.05, 3.63) is 35.9 Å². The molecule has 0 saturated heterocycles. The van der Waals surface area contributed by atoms with Crippen LogP contribution in [-0.2, 0) is 30.4 Å². The summed E-state index contributed by atoms with van der Waals surface area (Å²) in [5.74, 6) is -1.16. The van der Waals surface area contributed by atoms with Crippen LogP contribution in [0.2, 0.25) is 0 Å². The normalized spacial score (nSPS) is 13.8. The van der Waals surface area contributed by atoms with Crippen LogP contribution in [0.1, 0.15) is 5.56 Å². The number of hydrogen-bond acceptors (Lipinski definition) is 6. The lowest BCUT2D eigenvalue weighted by Crippen LogP contribution is -2.53. The summed E-state index contributed by atoms with van der Waals surface area (Å²) in [7, 11) is -4.04. The molecule has 0 aliphatic carbocycles. The van der Waals surface area contributed by atoms with Gasteiger partial charge in [0, 0.05) is 0 Å². The number of alkyl carbamates (subject to hydrolysis) is 1. The van der Waals surface area contributed by atoms with Gasteiger partial charge in [0.15, 0.2) is 0 Å². The first-order chi connectivity index (χ1) is 10.7. The maximum Gasteiger partial charge on any atom is 0.408 e. The number of ether oxygens (including phenoxy) is 1. The molecular formula is C13H17FN2O6S. The average molecular weight is 348 g/mol. The van der Waals surface area contributed by atoms with Crippen molar-refractivity contribution in [3.63, 3.8) is 0 Å². The van der Waals surface area contributed by atoms with E-state index < -0.39 is 40.9 Å². The summed E-state index contributed by atoms with van der Waals surface area (Å²) in [6.07, 6.45) is -2.15. The molecule has 2 amide bonds. The van der Waals surface area contributed by atoms with E-state index in [1.807, 2.05) is 5.32 Å². The Bertz CT molecular complexity index is 637. The zero-order valence-electron chi connectivity index (χ0n) is 12.3. The predicted octanol–water partition coefficient (Wildman–Crippen LogP) is 0.0810. The van der Waals surface area contributed by atoms with Gasteiger partial charge in [-0.05, 0) is 5.56 Å². The zero-order chi connectivity index (χ0) is 17.5. The number of rotatable bonds is 8. The van der Waals surface area contributed by atoms with E-state index in [9.17, 15) is 22.4 Å². The van der Waals surface area contributed by atoms with Crippen molar-refractivity contribution in [2.24, 2.45) is 5.73 Å². The van der Waals surface area contributed by atoms with Crippen molar-refractivity contribution in [1.29, 1.82) is 0 Å². The molecule has 0 bridgehead atoms. The second-order valence-electron chi connectivity index (χ2n) is 4.58. The Morgan fingerprint density at radius 3 is 2.39 bits per heavy atom. The Balaban J connectivity index is 2.67. The number of nitrogens with one attached hydrogen (secondary N) is 1. The van der Waals surface area contributed by atoms with Crippen molar-refractivity contribution in [3.8, 4) is 0 Å². The van der Waals surface area contributed by atoms with Gasteiger partial charge < -0.3 is 15.8 Å². The Labute approximate surface area is 132 Å². The Morgan fingerprint density at radius 1 is 1.30 bits per heavy atom. The third-order valence-electron chi connectivity index (χ3n) is 2.61. The molecule has 23 heavy (non-hydrogen) atoms. The van der Waals surface area contributed by atoms with Crippen LogP contribution in [-0.4, -0.2) is 45.5 Å². The summed E-state index contributed by atoms with van der Waals surface area (Å²) in [6.45, 7) is -1.44. The van der Waals surface area contributed by atoms with Crippen LogP contribution in [0.25, 0.3) is 0 Å². The Hall–Kier alpha value is -2.20. The van der Waals surface area contributed by atoms with Crippen LogP contribution in [0.4, 0.5) is 9.18 Å². The average Bonchev–Trinajstić information content (AvgIpc) is 2.48. The predicted molar refractivity (Wildman–Crippen MR) is 78.4 cm³/mol. The summed E-state index contributed by atoms with van der Waals surface area (Å²) < 4.78 is 44.2. The Morgan fingerprint density at radius 2 is 1.91 bits per heavy atom. The number of benzene rings is 1. The molecule has 8 nitrogen and oxygen atoms in total. The van der Waals surface area contributed by atoms with E-state index in [0.29, 0.717) is 11.8 Å². The van der Waals surface area contributed by atoms with Gasteiger partial charge in [-0.25, -0.2) is 9.18 Å². The van der Waals surface area contributed by atoms with Crippen molar-refractivity contribution in [2.75, 3.05) is 12.9 Å². The fourth-order valence-corrected chi connectivity index (χ4v) is 2.25. The van der Waals surface area contributed by atoms with E-state index in [-0.39, 0.29) is 6.61 Å². The lowest BCUT2D eigenvalue weighted by Gasteiger charge is -2.22. The number of amides is 2. The molecule has 0 heterocycles. The van der Waals surface area contributed by atoms with Crippen molar-refractivity contribution >= 4 is 22.1 Å². The molecule has 0 aromatic heterocycles. The standard InChI is InChI=1S/C13H17FN2O6S/c1-23(19,20)22-10(7-14)11(12(15)17)16-13(18)21-8-9-5-3-2-4-6-9/h2-6,10-11H,7-8H2,1H3,(H2,15,17)(H,16,18)/t10-,11+/m1/s1. The molecule has 0 spiro atoms. The van der Waals surface area contributed by atoms with Crippen LogP contribution in [0, 0.1) is 0 Å². The number of carbonyl (C=O) groups is 2. The highest BCUT2D eigenvalue weighted by Gasteiger charge is 2.32. The Kier molecular flexibility index (Phi) is 6.91. The summed E-state index contributed by atoms with van der Waals surface area (Å²) in [6, 6.07) is 6.97.